The van der Waals surface area contributed by atoms with Gasteiger partial charge in [-0.15, -0.1) is 11.8 Å². The van der Waals surface area contributed by atoms with Crippen molar-refractivity contribution in [2.45, 2.75) is 4.90 Å². The lowest BCUT2D eigenvalue weighted by atomic mass is 10.2. The first-order valence-electron chi connectivity index (χ1n) is 5.57. The van der Waals surface area contributed by atoms with Crippen LogP contribution in [0.2, 0.25) is 0 Å². The van der Waals surface area contributed by atoms with Crippen LogP contribution < -0.4 is 5.43 Å². The first-order chi connectivity index (χ1) is 9.19. The van der Waals surface area contributed by atoms with Crippen LogP contribution in [0.4, 0.5) is 14.5 Å². The minimum absolute atomic E-state index is 0.137. The standard InChI is InChI=1S/C14H12F2N2S/c1-19-12-5-2-10(3-6-12)9-17-18-14-7-4-11(15)8-13(14)16/h2-9,18H,1H3/b17-9+. The van der Waals surface area contributed by atoms with Crippen molar-refractivity contribution in [1.82, 2.24) is 0 Å². The fourth-order valence-corrected chi connectivity index (χ4v) is 1.85. The fourth-order valence-electron chi connectivity index (χ4n) is 1.45. The number of hydrazone groups is 1. The SMILES string of the molecule is CSc1ccc(/C=N/Nc2ccc(F)cc2F)cc1. The van der Waals surface area contributed by atoms with Crippen molar-refractivity contribution in [2.75, 3.05) is 11.7 Å². The Hall–Kier alpha value is -1.88. The van der Waals surface area contributed by atoms with Gasteiger partial charge in [0.05, 0.1) is 11.9 Å². The van der Waals surface area contributed by atoms with Crippen molar-refractivity contribution in [3.05, 3.63) is 59.7 Å². The van der Waals surface area contributed by atoms with E-state index in [-0.39, 0.29) is 5.69 Å². The predicted octanol–water partition coefficient (Wildman–Crippen LogP) is 4.13. The lowest BCUT2D eigenvalue weighted by molar-refractivity contribution is 0.585. The number of nitrogens with one attached hydrogen (secondary N) is 1. The average molecular weight is 278 g/mol. The molecule has 0 bridgehead atoms. The number of benzene rings is 2. The van der Waals surface area contributed by atoms with Gasteiger partial charge >= 0.3 is 0 Å². The summed E-state index contributed by atoms with van der Waals surface area (Å²) in [5.74, 6) is -1.28. The first-order valence-corrected chi connectivity index (χ1v) is 6.79. The van der Waals surface area contributed by atoms with Gasteiger partial charge in [-0.25, -0.2) is 8.78 Å². The van der Waals surface area contributed by atoms with Gasteiger partial charge in [-0.2, -0.15) is 5.10 Å². The Kier molecular flexibility index (Phi) is 4.52. The van der Waals surface area contributed by atoms with Gasteiger partial charge < -0.3 is 0 Å². The minimum Gasteiger partial charge on any atom is -0.276 e. The molecule has 0 aliphatic heterocycles. The Morgan fingerprint density at radius 3 is 2.47 bits per heavy atom. The molecule has 2 nitrogen and oxygen atoms in total. The first kappa shape index (κ1) is 13.5. The molecule has 0 radical (unpaired) electrons. The topological polar surface area (TPSA) is 24.4 Å². The summed E-state index contributed by atoms with van der Waals surface area (Å²) in [5, 5.41) is 3.91. The van der Waals surface area contributed by atoms with Gasteiger partial charge in [-0.05, 0) is 36.1 Å². The summed E-state index contributed by atoms with van der Waals surface area (Å²) in [6, 6.07) is 11.1. The number of rotatable bonds is 4. The van der Waals surface area contributed by atoms with Crippen LogP contribution in [0.15, 0.2) is 52.5 Å². The summed E-state index contributed by atoms with van der Waals surface area (Å²) in [5.41, 5.74) is 3.57. The molecule has 0 saturated heterocycles. The number of halogens is 2. The van der Waals surface area contributed by atoms with Crippen molar-refractivity contribution < 1.29 is 8.78 Å². The molecular weight excluding hydrogens is 266 g/mol. The molecule has 1 N–H and O–H groups in total. The largest absolute Gasteiger partial charge is 0.276 e. The normalized spacial score (nSPS) is 10.9. The number of hydrogen-bond acceptors (Lipinski definition) is 3. The molecule has 0 aliphatic carbocycles. The summed E-state index contributed by atoms with van der Waals surface area (Å²) in [6.45, 7) is 0. The van der Waals surface area contributed by atoms with Crippen LogP contribution >= 0.6 is 11.8 Å². The van der Waals surface area contributed by atoms with Gasteiger partial charge in [0.1, 0.15) is 5.82 Å². The highest BCUT2D eigenvalue weighted by atomic mass is 32.2. The van der Waals surface area contributed by atoms with Crippen molar-refractivity contribution in [3.63, 3.8) is 0 Å². The summed E-state index contributed by atoms with van der Waals surface area (Å²) in [4.78, 5) is 1.16. The molecule has 98 valence electrons. The van der Waals surface area contributed by atoms with E-state index in [0.717, 1.165) is 16.5 Å². The quantitative estimate of drug-likeness (QED) is 0.516. The van der Waals surface area contributed by atoms with Crippen LogP contribution in [0.5, 0.6) is 0 Å². The van der Waals surface area contributed by atoms with Crippen LogP contribution in [0.3, 0.4) is 0 Å². The third-order valence-electron chi connectivity index (χ3n) is 2.45. The van der Waals surface area contributed by atoms with Crippen LogP contribution in [0.25, 0.3) is 0 Å². The highest BCUT2D eigenvalue weighted by Crippen LogP contribution is 2.15. The zero-order valence-corrected chi connectivity index (χ0v) is 11.0. The van der Waals surface area contributed by atoms with Gasteiger partial charge in [0.15, 0.2) is 5.82 Å². The predicted molar refractivity (Wildman–Crippen MR) is 75.8 cm³/mol. The van der Waals surface area contributed by atoms with Crippen LogP contribution in [-0.4, -0.2) is 12.5 Å². The maximum atomic E-state index is 13.3. The Bertz CT molecular complexity index is 582. The number of hydrogen-bond donors (Lipinski definition) is 1. The van der Waals surface area contributed by atoms with E-state index in [4.69, 9.17) is 0 Å². The van der Waals surface area contributed by atoms with Crippen LogP contribution in [-0.2, 0) is 0 Å². The third kappa shape index (κ3) is 3.79. The molecule has 0 aromatic heterocycles. The highest BCUT2D eigenvalue weighted by molar-refractivity contribution is 7.98. The average Bonchev–Trinajstić information content (AvgIpc) is 2.42. The molecule has 2 aromatic carbocycles. The van der Waals surface area contributed by atoms with Gasteiger partial charge in [-0.3, -0.25) is 5.43 Å². The number of anilines is 1. The Balaban J connectivity index is 2.02. The Morgan fingerprint density at radius 2 is 1.84 bits per heavy atom. The van der Waals surface area contributed by atoms with Crippen LogP contribution in [0, 0.1) is 11.6 Å². The zero-order valence-electron chi connectivity index (χ0n) is 10.2. The van der Waals surface area contributed by atoms with Crippen molar-refractivity contribution in [2.24, 2.45) is 5.10 Å². The van der Waals surface area contributed by atoms with Crippen molar-refractivity contribution in [3.8, 4) is 0 Å². The fraction of sp³-hybridized carbons (Fsp3) is 0.0714. The zero-order chi connectivity index (χ0) is 13.7. The molecule has 0 amide bonds. The molecule has 0 unspecified atom stereocenters. The summed E-state index contributed by atoms with van der Waals surface area (Å²) in [7, 11) is 0. The lowest BCUT2D eigenvalue weighted by Crippen LogP contribution is -1.94. The second-order valence-corrected chi connectivity index (χ2v) is 4.65. The van der Waals surface area contributed by atoms with E-state index >= 15 is 0 Å². The maximum absolute atomic E-state index is 13.3. The molecule has 0 atom stereocenters. The summed E-state index contributed by atoms with van der Waals surface area (Å²) >= 11 is 1.66. The molecule has 5 heteroatoms. The van der Waals surface area contributed by atoms with Crippen molar-refractivity contribution in [1.29, 1.82) is 0 Å². The second-order valence-electron chi connectivity index (χ2n) is 3.77. The smallest absolute Gasteiger partial charge is 0.151 e. The summed E-state index contributed by atoms with van der Waals surface area (Å²) in [6.07, 6.45) is 3.58. The van der Waals surface area contributed by atoms with E-state index in [1.54, 1.807) is 18.0 Å². The van der Waals surface area contributed by atoms with Gasteiger partial charge in [0.25, 0.3) is 0 Å². The monoisotopic (exact) mass is 278 g/mol. The third-order valence-corrected chi connectivity index (χ3v) is 3.19. The summed E-state index contributed by atoms with van der Waals surface area (Å²) < 4.78 is 26.0. The molecule has 19 heavy (non-hydrogen) atoms. The molecule has 0 aliphatic rings. The van der Waals surface area contributed by atoms with Gasteiger partial charge in [0, 0.05) is 11.0 Å². The van der Waals surface area contributed by atoms with E-state index in [2.05, 4.69) is 10.5 Å². The minimum atomic E-state index is -0.671. The molecule has 2 rings (SSSR count). The van der Waals surface area contributed by atoms with E-state index < -0.39 is 11.6 Å². The van der Waals surface area contributed by atoms with Gasteiger partial charge in [-0.1, -0.05) is 12.1 Å². The molecular formula is C14H12F2N2S. The van der Waals surface area contributed by atoms with E-state index in [1.165, 1.54) is 12.1 Å². The Morgan fingerprint density at radius 1 is 1.11 bits per heavy atom. The molecule has 0 spiro atoms. The van der Waals surface area contributed by atoms with Crippen molar-refractivity contribution >= 4 is 23.7 Å². The Labute approximate surface area is 114 Å². The maximum Gasteiger partial charge on any atom is 0.151 e. The molecule has 0 heterocycles. The molecule has 0 fully saturated rings. The number of nitrogens with zero attached hydrogens (tertiary/aromatic N) is 1. The highest BCUT2D eigenvalue weighted by Gasteiger charge is 2.01. The van der Waals surface area contributed by atoms with Gasteiger partial charge in [0.2, 0.25) is 0 Å². The van der Waals surface area contributed by atoms with E-state index in [1.807, 2.05) is 30.5 Å². The van der Waals surface area contributed by atoms with Crippen LogP contribution in [0.1, 0.15) is 5.56 Å². The van der Waals surface area contributed by atoms with E-state index in [0.29, 0.717) is 0 Å². The van der Waals surface area contributed by atoms with E-state index in [9.17, 15) is 8.78 Å². The molecule has 2 aromatic rings. The lowest BCUT2D eigenvalue weighted by Gasteiger charge is -2.01. The second kappa shape index (κ2) is 6.33. The molecule has 0 saturated carbocycles. The number of thioether (sulfide) groups is 1.